The Morgan fingerprint density at radius 3 is 2.96 bits per heavy atom. The first-order valence-corrected chi connectivity index (χ1v) is 9.39. The van der Waals surface area contributed by atoms with Crippen LogP contribution in [0, 0.1) is 0 Å². The lowest BCUT2D eigenvalue weighted by Crippen LogP contribution is -2.38. The van der Waals surface area contributed by atoms with E-state index >= 15 is 0 Å². The van der Waals surface area contributed by atoms with Gasteiger partial charge in [0.15, 0.2) is 5.96 Å². The van der Waals surface area contributed by atoms with E-state index in [-0.39, 0.29) is 30.1 Å². The van der Waals surface area contributed by atoms with Crippen LogP contribution in [-0.4, -0.2) is 54.5 Å². The highest BCUT2D eigenvalue weighted by Gasteiger charge is 2.15. The maximum atomic E-state index is 5.78. The third kappa shape index (κ3) is 6.32. The number of hydrogen-bond acceptors (Lipinski definition) is 4. The maximum Gasteiger partial charge on any atom is 0.191 e. The Kier molecular flexibility index (Phi) is 9.29. The molecule has 27 heavy (non-hydrogen) atoms. The van der Waals surface area contributed by atoms with Crippen LogP contribution in [0.25, 0.3) is 11.0 Å². The summed E-state index contributed by atoms with van der Waals surface area (Å²) in [7, 11) is 2.03. The number of aryl methyl sites for hydroxylation is 1. The first kappa shape index (κ1) is 21.9. The van der Waals surface area contributed by atoms with Crippen molar-refractivity contribution in [3.05, 3.63) is 30.1 Å². The Hall–Kier alpha value is -1.39. The number of aliphatic imine (C=N–C) groups is 1. The molecule has 0 spiro atoms. The Morgan fingerprint density at radius 2 is 2.22 bits per heavy atom. The number of hydrogen-bond donors (Lipinski definition) is 2. The predicted molar refractivity (Wildman–Crippen MR) is 119 cm³/mol. The summed E-state index contributed by atoms with van der Waals surface area (Å²) in [5, 5.41) is 6.64. The van der Waals surface area contributed by atoms with Gasteiger partial charge in [-0.1, -0.05) is 12.1 Å². The summed E-state index contributed by atoms with van der Waals surface area (Å²) < 4.78 is 13.2. The lowest BCUT2D eigenvalue weighted by atomic mass is 10.3. The fraction of sp³-hybridized carbons (Fsp3) is 0.579. The van der Waals surface area contributed by atoms with Crippen molar-refractivity contribution in [1.82, 2.24) is 20.2 Å². The summed E-state index contributed by atoms with van der Waals surface area (Å²) in [5.74, 6) is 1.76. The second-order valence-corrected chi connectivity index (χ2v) is 6.41. The lowest BCUT2D eigenvalue weighted by Gasteiger charge is -2.13. The Balaban J connectivity index is 0.00000261. The Morgan fingerprint density at radius 1 is 1.37 bits per heavy atom. The number of fused-ring (bicyclic) bond motifs is 1. The van der Waals surface area contributed by atoms with Crippen molar-refractivity contribution in [3.63, 3.8) is 0 Å². The van der Waals surface area contributed by atoms with Gasteiger partial charge in [0.25, 0.3) is 0 Å². The number of ether oxygens (including phenoxy) is 2. The second-order valence-electron chi connectivity index (χ2n) is 6.41. The first-order valence-electron chi connectivity index (χ1n) is 9.39. The molecule has 0 amide bonds. The molecule has 0 saturated carbocycles. The van der Waals surface area contributed by atoms with Crippen molar-refractivity contribution in [2.45, 2.75) is 32.4 Å². The summed E-state index contributed by atoms with van der Waals surface area (Å²) in [5.41, 5.74) is 2.13. The lowest BCUT2D eigenvalue weighted by molar-refractivity contribution is 0.0420. The van der Waals surface area contributed by atoms with E-state index in [1.54, 1.807) is 0 Å². The van der Waals surface area contributed by atoms with E-state index in [1.165, 1.54) is 0 Å². The van der Waals surface area contributed by atoms with Crippen LogP contribution in [0.3, 0.4) is 0 Å². The van der Waals surface area contributed by atoms with E-state index in [0.29, 0.717) is 6.54 Å². The van der Waals surface area contributed by atoms with Crippen LogP contribution < -0.4 is 10.6 Å². The van der Waals surface area contributed by atoms with E-state index < -0.39 is 0 Å². The topological polar surface area (TPSA) is 72.7 Å². The number of benzene rings is 1. The minimum absolute atomic E-state index is 0. The minimum Gasteiger partial charge on any atom is -0.379 e. The Labute approximate surface area is 177 Å². The molecule has 7 nitrogen and oxygen atoms in total. The highest BCUT2D eigenvalue weighted by molar-refractivity contribution is 14.0. The molecular formula is C19H30IN5O2. The zero-order valence-corrected chi connectivity index (χ0v) is 18.4. The average molecular weight is 487 g/mol. The van der Waals surface area contributed by atoms with E-state index in [2.05, 4.69) is 38.2 Å². The molecule has 3 rings (SSSR count). The summed E-state index contributed by atoms with van der Waals surface area (Å²) >= 11 is 0. The zero-order chi connectivity index (χ0) is 18.2. The van der Waals surface area contributed by atoms with Gasteiger partial charge in [0.1, 0.15) is 12.4 Å². The third-order valence-corrected chi connectivity index (χ3v) is 4.46. The molecule has 1 atom stereocenters. The van der Waals surface area contributed by atoms with Gasteiger partial charge < -0.3 is 24.7 Å². The van der Waals surface area contributed by atoms with Crippen LogP contribution >= 0.6 is 24.0 Å². The molecule has 2 heterocycles. The molecule has 2 aromatic rings. The normalized spacial score (nSPS) is 17.1. The fourth-order valence-corrected chi connectivity index (χ4v) is 3.00. The van der Waals surface area contributed by atoms with Gasteiger partial charge in [0.2, 0.25) is 0 Å². The van der Waals surface area contributed by atoms with Crippen molar-refractivity contribution in [3.8, 4) is 0 Å². The number of rotatable bonds is 8. The molecule has 1 unspecified atom stereocenters. The van der Waals surface area contributed by atoms with Crippen LogP contribution in [0.15, 0.2) is 29.3 Å². The van der Waals surface area contributed by atoms with Gasteiger partial charge >= 0.3 is 0 Å². The monoisotopic (exact) mass is 487 g/mol. The summed E-state index contributed by atoms with van der Waals surface area (Å²) in [6.45, 7) is 6.54. The van der Waals surface area contributed by atoms with Crippen molar-refractivity contribution in [2.75, 3.05) is 32.9 Å². The molecule has 0 radical (unpaired) electrons. The van der Waals surface area contributed by atoms with Gasteiger partial charge in [-0.2, -0.15) is 0 Å². The summed E-state index contributed by atoms with van der Waals surface area (Å²) in [6, 6.07) is 8.14. The molecule has 0 aliphatic carbocycles. The molecular weight excluding hydrogens is 457 g/mol. The number of nitrogens with zero attached hydrogens (tertiary/aromatic N) is 3. The van der Waals surface area contributed by atoms with E-state index in [1.807, 2.05) is 25.2 Å². The largest absolute Gasteiger partial charge is 0.379 e. The number of nitrogens with one attached hydrogen (secondary N) is 2. The first-order chi connectivity index (χ1) is 12.8. The number of guanidine groups is 1. The highest BCUT2D eigenvalue weighted by atomic mass is 127. The predicted octanol–water partition coefficient (Wildman–Crippen LogP) is 2.44. The molecule has 1 saturated heterocycles. The molecule has 1 aromatic heterocycles. The SMILES string of the molecule is CCNC(=NCc1nc2ccccc2n1C)NCCCOC1CCOC1.I. The van der Waals surface area contributed by atoms with Crippen molar-refractivity contribution in [2.24, 2.45) is 12.0 Å². The molecule has 1 aliphatic heterocycles. The van der Waals surface area contributed by atoms with E-state index in [4.69, 9.17) is 9.47 Å². The van der Waals surface area contributed by atoms with Crippen LogP contribution in [0.5, 0.6) is 0 Å². The Bertz CT molecular complexity index is 728. The van der Waals surface area contributed by atoms with Crippen LogP contribution in [0.4, 0.5) is 0 Å². The van der Waals surface area contributed by atoms with Crippen molar-refractivity contribution < 1.29 is 9.47 Å². The van der Waals surface area contributed by atoms with Crippen LogP contribution in [0.2, 0.25) is 0 Å². The van der Waals surface area contributed by atoms with E-state index in [9.17, 15) is 0 Å². The fourth-order valence-electron chi connectivity index (χ4n) is 3.00. The van der Waals surface area contributed by atoms with Gasteiger partial charge in [-0.15, -0.1) is 24.0 Å². The van der Waals surface area contributed by atoms with Crippen molar-refractivity contribution in [1.29, 1.82) is 0 Å². The minimum atomic E-state index is 0. The molecule has 1 fully saturated rings. The molecule has 1 aromatic carbocycles. The van der Waals surface area contributed by atoms with Gasteiger partial charge in [-0.25, -0.2) is 9.98 Å². The molecule has 1 aliphatic rings. The quantitative estimate of drug-likeness (QED) is 0.259. The van der Waals surface area contributed by atoms with Gasteiger partial charge in [-0.05, 0) is 31.9 Å². The third-order valence-electron chi connectivity index (χ3n) is 4.46. The van der Waals surface area contributed by atoms with Crippen LogP contribution in [-0.2, 0) is 23.1 Å². The molecule has 0 bridgehead atoms. The standard InChI is InChI=1S/C19H29N5O2.HI/c1-3-20-19(21-10-6-11-26-15-9-12-25-14-15)22-13-18-23-16-7-4-5-8-17(16)24(18)2;/h4-5,7-8,15H,3,6,9-14H2,1-2H3,(H2,20,21,22);1H. The summed E-state index contributed by atoms with van der Waals surface area (Å²) in [4.78, 5) is 9.33. The highest BCUT2D eigenvalue weighted by Crippen LogP contribution is 2.14. The molecule has 8 heteroatoms. The van der Waals surface area contributed by atoms with Crippen molar-refractivity contribution >= 4 is 41.0 Å². The summed E-state index contributed by atoms with van der Waals surface area (Å²) in [6.07, 6.45) is 2.22. The van der Waals surface area contributed by atoms with Gasteiger partial charge in [0, 0.05) is 33.4 Å². The molecule has 2 N–H and O–H groups in total. The maximum absolute atomic E-state index is 5.78. The number of para-hydroxylation sites is 2. The number of aromatic nitrogens is 2. The van der Waals surface area contributed by atoms with Gasteiger partial charge in [-0.3, -0.25) is 0 Å². The number of halogens is 1. The smallest absolute Gasteiger partial charge is 0.191 e. The number of imidazole rings is 1. The zero-order valence-electron chi connectivity index (χ0n) is 16.1. The average Bonchev–Trinajstić information content (AvgIpc) is 3.28. The molecule has 150 valence electrons. The second kappa shape index (κ2) is 11.5. The van der Waals surface area contributed by atoms with E-state index in [0.717, 1.165) is 68.6 Å². The van der Waals surface area contributed by atoms with Crippen LogP contribution in [0.1, 0.15) is 25.6 Å². The van der Waals surface area contributed by atoms with Gasteiger partial charge in [0.05, 0.1) is 23.7 Å².